The maximum absolute atomic E-state index is 4.31. The van der Waals surface area contributed by atoms with E-state index in [9.17, 15) is 0 Å². The SMILES string of the molecule is Brc1cccnc1SCc1nnnn1C1CC1. The van der Waals surface area contributed by atoms with Crippen LogP contribution in [0.5, 0.6) is 0 Å². The molecule has 1 aliphatic rings. The van der Waals surface area contributed by atoms with Crippen LogP contribution in [0.1, 0.15) is 24.7 Å². The van der Waals surface area contributed by atoms with Crippen molar-refractivity contribution in [2.24, 2.45) is 0 Å². The van der Waals surface area contributed by atoms with Crippen molar-refractivity contribution in [1.29, 1.82) is 0 Å². The highest BCUT2D eigenvalue weighted by atomic mass is 79.9. The molecule has 0 unspecified atom stereocenters. The number of rotatable bonds is 4. The summed E-state index contributed by atoms with van der Waals surface area (Å²) in [6.07, 6.45) is 4.17. The highest BCUT2D eigenvalue weighted by Gasteiger charge is 2.27. The zero-order chi connectivity index (χ0) is 11.7. The normalized spacial score (nSPS) is 15.1. The molecule has 0 bridgehead atoms. The first-order chi connectivity index (χ1) is 8.34. The molecule has 1 saturated carbocycles. The summed E-state index contributed by atoms with van der Waals surface area (Å²) in [5, 5.41) is 12.8. The van der Waals surface area contributed by atoms with Crippen LogP contribution in [0.3, 0.4) is 0 Å². The number of aromatic nitrogens is 5. The van der Waals surface area contributed by atoms with Gasteiger partial charge in [-0.1, -0.05) is 11.8 Å². The van der Waals surface area contributed by atoms with Gasteiger partial charge >= 0.3 is 0 Å². The lowest BCUT2D eigenvalue weighted by Crippen LogP contribution is -2.02. The predicted molar refractivity (Wildman–Crippen MR) is 67.6 cm³/mol. The molecule has 0 amide bonds. The van der Waals surface area contributed by atoms with Gasteiger partial charge in [0, 0.05) is 10.7 Å². The highest BCUT2D eigenvalue weighted by molar-refractivity contribution is 9.10. The van der Waals surface area contributed by atoms with E-state index in [0.29, 0.717) is 6.04 Å². The second-order valence-corrected chi connectivity index (χ2v) is 5.67. The van der Waals surface area contributed by atoms with Crippen LogP contribution in [0.2, 0.25) is 0 Å². The van der Waals surface area contributed by atoms with Crippen LogP contribution in [0.4, 0.5) is 0 Å². The summed E-state index contributed by atoms with van der Waals surface area (Å²) in [4.78, 5) is 4.31. The molecule has 2 aromatic rings. The molecule has 3 rings (SSSR count). The first kappa shape index (κ1) is 11.2. The predicted octanol–water partition coefficient (Wildman–Crippen LogP) is 2.46. The van der Waals surface area contributed by atoms with Gasteiger partial charge in [-0.3, -0.25) is 0 Å². The van der Waals surface area contributed by atoms with Gasteiger partial charge in [0.1, 0.15) is 5.03 Å². The van der Waals surface area contributed by atoms with Crippen LogP contribution >= 0.6 is 27.7 Å². The summed E-state index contributed by atoms with van der Waals surface area (Å²) in [7, 11) is 0. The number of nitrogens with zero attached hydrogens (tertiary/aromatic N) is 5. The Bertz CT molecular complexity index is 525. The number of pyridine rings is 1. The van der Waals surface area contributed by atoms with Gasteiger partial charge in [-0.05, 0) is 51.3 Å². The van der Waals surface area contributed by atoms with E-state index < -0.39 is 0 Å². The molecule has 1 aliphatic carbocycles. The Hall–Kier alpha value is -0.950. The van der Waals surface area contributed by atoms with Crippen LogP contribution in [0.15, 0.2) is 27.8 Å². The van der Waals surface area contributed by atoms with Gasteiger partial charge in [0.25, 0.3) is 0 Å². The molecule has 5 nitrogen and oxygen atoms in total. The zero-order valence-electron chi connectivity index (χ0n) is 8.95. The van der Waals surface area contributed by atoms with E-state index in [1.54, 1.807) is 18.0 Å². The monoisotopic (exact) mass is 311 g/mol. The minimum atomic E-state index is 0.521. The van der Waals surface area contributed by atoms with E-state index in [0.717, 1.165) is 21.1 Å². The highest BCUT2D eigenvalue weighted by Crippen LogP contribution is 2.35. The van der Waals surface area contributed by atoms with Crippen molar-refractivity contribution >= 4 is 27.7 Å². The third-order valence-electron chi connectivity index (χ3n) is 2.52. The van der Waals surface area contributed by atoms with E-state index in [-0.39, 0.29) is 0 Å². The molecule has 17 heavy (non-hydrogen) atoms. The summed E-state index contributed by atoms with van der Waals surface area (Å²) < 4.78 is 2.94. The first-order valence-corrected chi connectivity index (χ1v) is 7.12. The lowest BCUT2D eigenvalue weighted by atomic mass is 10.5. The fraction of sp³-hybridized carbons (Fsp3) is 0.400. The first-order valence-electron chi connectivity index (χ1n) is 5.34. The second kappa shape index (κ2) is 4.73. The van der Waals surface area contributed by atoms with Gasteiger partial charge < -0.3 is 0 Å². The van der Waals surface area contributed by atoms with E-state index in [1.807, 2.05) is 16.8 Å². The third kappa shape index (κ3) is 2.50. The molecule has 0 spiro atoms. The minimum Gasteiger partial charge on any atom is -0.249 e. The summed E-state index contributed by atoms with van der Waals surface area (Å²) in [6.45, 7) is 0. The molecular weight excluding hydrogens is 302 g/mol. The second-order valence-electron chi connectivity index (χ2n) is 3.85. The lowest BCUT2D eigenvalue weighted by Gasteiger charge is -2.03. The Morgan fingerprint density at radius 3 is 3.12 bits per heavy atom. The van der Waals surface area contributed by atoms with Gasteiger partial charge in [-0.15, -0.1) is 5.10 Å². The molecule has 88 valence electrons. The molecule has 0 aliphatic heterocycles. The number of thioether (sulfide) groups is 1. The van der Waals surface area contributed by atoms with Crippen molar-refractivity contribution < 1.29 is 0 Å². The topological polar surface area (TPSA) is 56.5 Å². The number of halogens is 1. The molecule has 0 radical (unpaired) electrons. The Labute approximate surface area is 111 Å². The van der Waals surface area contributed by atoms with Crippen molar-refractivity contribution in [1.82, 2.24) is 25.2 Å². The van der Waals surface area contributed by atoms with Crippen molar-refractivity contribution in [2.45, 2.75) is 29.7 Å². The van der Waals surface area contributed by atoms with Crippen LogP contribution < -0.4 is 0 Å². The van der Waals surface area contributed by atoms with Gasteiger partial charge in [-0.25, -0.2) is 9.67 Å². The molecule has 0 aromatic carbocycles. The Kier molecular flexibility index (Phi) is 3.11. The summed E-state index contributed by atoms with van der Waals surface area (Å²) in [5.41, 5.74) is 0. The van der Waals surface area contributed by atoms with Crippen LogP contribution in [0, 0.1) is 0 Å². The quantitative estimate of drug-likeness (QED) is 0.812. The van der Waals surface area contributed by atoms with Crippen LogP contribution in [-0.4, -0.2) is 25.2 Å². The van der Waals surface area contributed by atoms with Crippen molar-refractivity contribution in [3.8, 4) is 0 Å². The molecule has 7 heteroatoms. The van der Waals surface area contributed by atoms with Gasteiger partial charge in [0.05, 0.1) is 11.8 Å². The third-order valence-corrected chi connectivity index (χ3v) is 4.42. The van der Waals surface area contributed by atoms with Crippen LogP contribution in [0.25, 0.3) is 0 Å². The molecule has 0 N–H and O–H groups in total. The smallest absolute Gasteiger partial charge is 0.161 e. The maximum atomic E-state index is 4.31. The Morgan fingerprint density at radius 1 is 1.47 bits per heavy atom. The zero-order valence-corrected chi connectivity index (χ0v) is 11.4. The molecule has 2 heterocycles. The summed E-state index contributed by atoms with van der Waals surface area (Å²) in [5.74, 6) is 1.68. The van der Waals surface area contributed by atoms with E-state index in [1.165, 1.54) is 12.8 Å². The van der Waals surface area contributed by atoms with Crippen molar-refractivity contribution in [3.63, 3.8) is 0 Å². The Balaban J connectivity index is 1.71. The molecule has 0 saturated heterocycles. The van der Waals surface area contributed by atoms with E-state index in [2.05, 4.69) is 36.4 Å². The minimum absolute atomic E-state index is 0.521. The van der Waals surface area contributed by atoms with Gasteiger partial charge in [-0.2, -0.15) is 0 Å². The van der Waals surface area contributed by atoms with Gasteiger partial charge in [0.15, 0.2) is 5.82 Å². The maximum Gasteiger partial charge on any atom is 0.161 e. The molecule has 2 aromatic heterocycles. The van der Waals surface area contributed by atoms with Crippen molar-refractivity contribution in [3.05, 3.63) is 28.6 Å². The van der Waals surface area contributed by atoms with Crippen molar-refractivity contribution in [2.75, 3.05) is 0 Å². The molecule has 0 atom stereocenters. The number of hydrogen-bond acceptors (Lipinski definition) is 5. The standard InChI is InChI=1S/C10H10BrN5S/c11-8-2-1-5-12-10(8)17-6-9-13-14-15-16(9)7-3-4-7/h1-2,5,7H,3-4,6H2. The van der Waals surface area contributed by atoms with Gasteiger partial charge in [0.2, 0.25) is 0 Å². The largest absolute Gasteiger partial charge is 0.249 e. The van der Waals surface area contributed by atoms with E-state index >= 15 is 0 Å². The van der Waals surface area contributed by atoms with Crippen LogP contribution in [-0.2, 0) is 5.75 Å². The summed E-state index contributed by atoms with van der Waals surface area (Å²) in [6, 6.07) is 4.41. The fourth-order valence-corrected chi connectivity index (χ4v) is 2.92. The average molecular weight is 312 g/mol. The Morgan fingerprint density at radius 2 is 2.35 bits per heavy atom. The lowest BCUT2D eigenvalue weighted by molar-refractivity contribution is 0.593. The summed E-state index contributed by atoms with van der Waals surface area (Å²) >= 11 is 5.12. The fourth-order valence-electron chi connectivity index (χ4n) is 1.52. The van der Waals surface area contributed by atoms with E-state index in [4.69, 9.17) is 0 Å². The average Bonchev–Trinajstić information content (AvgIpc) is 3.08. The number of hydrogen-bond donors (Lipinski definition) is 0. The number of tetrazole rings is 1. The molecular formula is C10H10BrN5S. The molecule has 1 fully saturated rings.